The normalized spacial score (nSPS) is 16.6. The molecular formula is C15H20BrNO2. The first kappa shape index (κ1) is 14.5. The molecule has 0 radical (unpaired) electrons. The molecule has 2 rings (SSSR count). The van der Waals surface area contributed by atoms with Crippen LogP contribution in [-0.2, 0) is 0 Å². The van der Waals surface area contributed by atoms with Crippen molar-refractivity contribution in [3.05, 3.63) is 28.2 Å². The largest absolute Gasteiger partial charge is 0.396 e. The van der Waals surface area contributed by atoms with E-state index in [0.29, 0.717) is 6.61 Å². The van der Waals surface area contributed by atoms with Crippen LogP contribution in [0.1, 0.15) is 36.0 Å². The third-order valence-corrected chi connectivity index (χ3v) is 4.56. The predicted octanol–water partition coefficient (Wildman–Crippen LogP) is 3.25. The zero-order chi connectivity index (χ0) is 13.7. The van der Waals surface area contributed by atoms with Gasteiger partial charge in [-0.1, -0.05) is 6.07 Å². The van der Waals surface area contributed by atoms with Crippen molar-refractivity contribution in [1.29, 1.82) is 0 Å². The number of hydrogen-bond donors (Lipinski definition) is 1. The van der Waals surface area contributed by atoms with Crippen LogP contribution in [0.4, 0.5) is 5.69 Å². The van der Waals surface area contributed by atoms with Gasteiger partial charge >= 0.3 is 0 Å². The molecule has 0 aliphatic carbocycles. The van der Waals surface area contributed by atoms with Crippen LogP contribution in [0.15, 0.2) is 22.7 Å². The van der Waals surface area contributed by atoms with E-state index in [0.717, 1.165) is 66.7 Å². The lowest BCUT2D eigenvalue weighted by Gasteiger charge is -2.34. The lowest BCUT2D eigenvalue weighted by atomic mass is 9.92. The van der Waals surface area contributed by atoms with E-state index in [9.17, 15) is 4.79 Å². The van der Waals surface area contributed by atoms with Gasteiger partial charge in [0, 0.05) is 29.9 Å². The molecule has 1 aliphatic heterocycles. The molecule has 4 heteroatoms. The van der Waals surface area contributed by atoms with Gasteiger partial charge in [-0.25, -0.2) is 0 Å². The third kappa shape index (κ3) is 3.57. The minimum absolute atomic E-state index is 0.293. The van der Waals surface area contributed by atoms with Gasteiger partial charge in [0.2, 0.25) is 0 Å². The van der Waals surface area contributed by atoms with Crippen LogP contribution in [0.2, 0.25) is 0 Å². The Hall–Kier alpha value is -0.870. The topological polar surface area (TPSA) is 40.5 Å². The maximum atomic E-state index is 11.2. The number of halogens is 1. The van der Waals surface area contributed by atoms with E-state index >= 15 is 0 Å². The molecule has 1 aromatic carbocycles. The number of hydrogen-bond acceptors (Lipinski definition) is 3. The minimum atomic E-state index is 0.293. The third-order valence-electron chi connectivity index (χ3n) is 3.87. The van der Waals surface area contributed by atoms with Crippen LogP contribution in [0.25, 0.3) is 0 Å². The Kier molecular flexibility index (Phi) is 5.40. The van der Waals surface area contributed by atoms with Crippen molar-refractivity contribution in [3.8, 4) is 0 Å². The fraction of sp³-hybridized carbons (Fsp3) is 0.533. The number of aliphatic hydroxyl groups excluding tert-OH is 1. The van der Waals surface area contributed by atoms with Gasteiger partial charge in [-0.15, -0.1) is 0 Å². The van der Waals surface area contributed by atoms with Crippen LogP contribution in [-0.4, -0.2) is 31.1 Å². The van der Waals surface area contributed by atoms with Gasteiger partial charge in [-0.3, -0.25) is 4.79 Å². The SMILES string of the molecule is O=Cc1c(Br)cccc1N1CCC(CCCO)CC1. The maximum Gasteiger partial charge on any atom is 0.153 e. The summed E-state index contributed by atoms with van der Waals surface area (Å²) in [7, 11) is 0. The van der Waals surface area contributed by atoms with Crippen molar-refractivity contribution in [2.75, 3.05) is 24.6 Å². The summed E-state index contributed by atoms with van der Waals surface area (Å²) < 4.78 is 0.863. The van der Waals surface area contributed by atoms with Gasteiger partial charge in [0.15, 0.2) is 6.29 Å². The Morgan fingerprint density at radius 3 is 2.74 bits per heavy atom. The molecule has 0 saturated carbocycles. The van der Waals surface area contributed by atoms with Crippen molar-refractivity contribution in [1.82, 2.24) is 0 Å². The van der Waals surface area contributed by atoms with E-state index in [2.05, 4.69) is 20.8 Å². The Labute approximate surface area is 122 Å². The summed E-state index contributed by atoms with van der Waals surface area (Å²) in [5.41, 5.74) is 1.78. The molecule has 0 bridgehead atoms. The van der Waals surface area contributed by atoms with Crippen LogP contribution < -0.4 is 4.90 Å². The monoisotopic (exact) mass is 325 g/mol. The summed E-state index contributed by atoms with van der Waals surface area (Å²) in [6, 6.07) is 5.90. The number of piperidine rings is 1. The fourth-order valence-electron chi connectivity index (χ4n) is 2.76. The summed E-state index contributed by atoms with van der Waals surface area (Å²) in [5.74, 6) is 0.718. The molecule has 0 unspecified atom stereocenters. The summed E-state index contributed by atoms with van der Waals surface area (Å²) in [6.07, 6.45) is 5.23. The minimum Gasteiger partial charge on any atom is -0.396 e. The maximum absolute atomic E-state index is 11.2. The summed E-state index contributed by atoms with van der Waals surface area (Å²) in [6.45, 7) is 2.28. The second-order valence-corrected chi connectivity index (χ2v) is 5.94. The molecule has 1 heterocycles. The van der Waals surface area contributed by atoms with Crippen LogP contribution in [0.3, 0.4) is 0 Å². The molecule has 1 aliphatic rings. The van der Waals surface area contributed by atoms with Gasteiger partial charge in [-0.05, 0) is 59.7 Å². The van der Waals surface area contributed by atoms with E-state index in [1.54, 1.807) is 0 Å². The standard InChI is InChI=1S/C15H20BrNO2/c16-14-4-1-5-15(13(14)11-19)17-8-6-12(7-9-17)3-2-10-18/h1,4-5,11-12,18H,2-3,6-10H2. The van der Waals surface area contributed by atoms with Gasteiger partial charge in [0.25, 0.3) is 0 Å². The number of aldehydes is 1. The molecule has 3 nitrogen and oxygen atoms in total. The molecular weight excluding hydrogens is 306 g/mol. The van der Waals surface area contributed by atoms with Crippen molar-refractivity contribution in [3.63, 3.8) is 0 Å². The Morgan fingerprint density at radius 2 is 2.11 bits per heavy atom. The van der Waals surface area contributed by atoms with E-state index in [-0.39, 0.29) is 0 Å². The summed E-state index contributed by atoms with van der Waals surface area (Å²) >= 11 is 3.43. The lowest BCUT2D eigenvalue weighted by Crippen LogP contribution is -2.34. The first-order valence-corrected chi connectivity index (χ1v) is 7.65. The molecule has 19 heavy (non-hydrogen) atoms. The van der Waals surface area contributed by atoms with Gasteiger partial charge < -0.3 is 10.0 Å². The Morgan fingerprint density at radius 1 is 1.37 bits per heavy atom. The predicted molar refractivity (Wildman–Crippen MR) is 80.8 cm³/mol. The molecule has 0 amide bonds. The van der Waals surface area contributed by atoms with Crippen molar-refractivity contribution < 1.29 is 9.90 Å². The molecule has 0 atom stereocenters. The number of aliphatic hydroxyl groups is 1. The zero-order valence-electron chi connectivity index (χ0n) is 11.0. The van der Waals surface area contributed by atoms with Gasteiger partial charge in [0.05, 0.1) is 5.56 Å². The average molecular weight is 326 g/mol. The van der Waals surface area contributed by atoms with Crippen molar-refractivity contribution in [2.24, 2.45) is 5.92 Å². The first-order chi connectivity index (χ1) is 9.26. The molecule has 0 aromatic heterocycles. The van der Waals surface area contributed by atoms with Crippen LogP contribution >= 0.6 is 15.9 Å². The van der Waals surface area contributed by atoms with Crippen molar-refractivity contribution >= 4 is 27.9 Å². The molecule has 1 saturated heterocycles. The molecule has 104 valence electrons. The number of benzene rings is 1. The summed E-state index contributed by atoms with van der Waals surface area (Å²) in [4.78, 5) is 13.5. The number of anilines is 1. The summed E-state index contributed by atoms with van der Waals surface area (Å²) in [5, 5.41) is 8.87. The smallest absolute Gasteiger partial charge is 0.153 e. The van der Waals surface area contributed by atoms with Crippen molar-refractivity contribution in [2.45, 2.75) is 25.7 Å². The highest BCUT2D eigenvalue weighted by atomic mass is 79.9. The van der Waals surface area contributed by atoms with E-state index < -0.39 is 0 Å². The molecule has 1 N–H and O–H groups in total. The Bertz CT molecular complexity index is 428. The zero-order valence-corrected chi connectivity index (χ0v) is 12.6. The second kappa shape index (κ2) is 7.06. The highest BCUT2D eigenvalue weighted by Gasteiger charge is 2.21. The number of carbonyl (C=O) groups is 1. The van der Waals surface area contributed by atoms with Crippen LogP contribution in [0.5, 0.6) is 0 Å². The highest BCUT2D eigenvalue weighted by Crippen LogP contribution is 2.30. The van der Waals surface area contributed by atoms with Crippen LogP contribution in [0, 0.1) is 5.92 Å². The number of rotatable bonds is 5. The quantitative estimate of drug-likeness (QED) is 0.845. The number of nitrogens with zero attached hydrogens (tertiary/aromatic N) is 1. The van der Waals surface area contributed by atoms with E-state index in [4.69, 9.17) is 5.11 Å². The van der Waals surface area contributed by atoms with E-state index in [1.165, 1.54) is 0 Å². The highest BCUT2D eigenvalue weighted by molar-refractivity contribution is 9.10. The van der Waals surface area contributed by atoms with E-state index in [1.807, 2.05) is 18.2 Å². The Balaban J connectivity index is 2.01. The second-order valence-electron chi connectivity index (χ2n) is 5.09. The molecule has 1 fully saturated rings. The lowest BCUT2D eigenvalue weighted by molar-refractivity contribution is 0.112. The molecule has 1 aromatic rings. The first-order valence-electron chi connectivity index (χ1n) is 6.85. The fourth-order valence-corrected chi connectivity index (χ4v) is 3.21. The molecule has 0 spiro atoms. The average Bonchev–Trinajstić information content (AvgIpc) is 2.45. The van der Waals surface area contributed by atoms with Gasteiger partial charge in [-0.2, -0.15) is 0 Å². The number of carbonyl (C=O) groups excluding carboxylic acids is 1. The van der Waals surface area contributed by atoms with Gasteiger partial charge in [0.1, 0.15) is 0 Å².